The standard InChI is InChI=1S/C54H42N2/c1-4-5-17-41-18-9-10-21-45(41)36-48(34-38(2)40-29-31-42(32-30-40)47-24-16-33-55-37-47)56-39(3)44-22-15-23-46(35-44)54-51-27-13-11-25-49(51)53(43-19-7-6-8-20-43)50-26-12-14-28-52(50)54/h4-35,37H,1-2,36H2,3H3/b17-5-,48-34-,56-39?. The molecular weight excluding hydrogens is 677 g/mol. The van der Waals surface area contributed by atoms with Gasteiger partial charge in [-0.15, -0.1) is 0 Å². The first-order valence-corrected chi connectivity index (χ1v) is 19.0. The Morgan fingerprint density at radius 3 is 1.86 bits per heavy atom. The topological polar surface area (TPSA) is 25.2 Å². The number of aliphatic imine (C=N–C) groups is 1. The van der Waals surface area contributed by atoms with Crippen molar-refractivity contribution in [2.45, 2.75) is 13.3 Å². The van der Waals surface area contributed by atoms with Gasteiger partial charge in [0.05, 0.1) is 0 Å². The quantitative estimate of drug-likeness (QED) is 0.0742. The van der Waals surface area contributed by atoms with Crippen molar-refractivity contribution in [2.75, 3.05) is 0 Å². The average Bonchev–Trinajstić information content (AvgIpc) is 3.25. The maximum Gasteiger partial charge on any atom is 0.0457 e. The second-order valence-electron chi connectivity index (χ2n) is 13.9. The van der Waals surface area contributed by atoms with Gasteiger partial charge in [0.1, 0.15) is 0 Å². The number of hydrogen-bond donors (Lipinski definition) is 0. The number of hydrogen-bond acceptors (Lipinski definition) is 2. The molecule has 56 heavy (non-hydrogen) atoms. The van der Waals surface area contributed by atoms with Crippen molar-refractivity contribution in [3.05, 3.63) is 236 Å². The van der Waals surface area contributed by atoms with Gasteiger partial charge < -0.3 is 0 Å². The van der Waals surface area contributed by atoms with Crippen LogP contribution in [0, 0.1) is 0 Å². The summed E-state index contributed by atoms with van der Waals surface area (Å²) in [5, 5.41) is 4.94. The summed E-state index contributed by atoms with van der Waals surface area (Å²) in [5.74, 6) is 0. The molecule has 0 unspecified atom stereocenters. The molecule has 0 aliphatic rings. The van der Waals surface area contributed by atoms with E-state index >= 15 is 0 Å². The van der Waals surface area contributed by atoms with Crippen molar-refractivity contribution >= 4 is 38.9 Å². The van der Waals surface area contributed by atoms with Crippen LogP contribution in [0.15, 0.2) is 218 Å². The molecule has 0 spiro atoms. The number of fused-ring (bicyclic) bond motifs is 2. The van der Waals surface area contributed by atoms with E-state index < -0.39 is 0 Å². The zero-order chi connectivity index (χ0) is 38.3. The van der Waals surface area contributed by atoms with Crippen molar-refractivity contribution < 1.29 is 0 Å². The Hall–Kier alpha value is -7.16. The molecule has 0 fully saturated rings. The van der Waals surface area contributed by atoms with Crippen LogP contribution in [0.3, 0.4) is 0 Å². The summed E-state index contributed by atoms with van der Waals surface area (Å²) in [7, 11) is 0. The lowest BCUT2D eigenvalue weighted by atomic mass is 9.85. The van der Waals surface area contributed by atoms with Gasteiger partial charge in [-0.3, -0.25) is 9.98 Å². The molecule has 0 aliphatic carbocycles. The van der Waals surface area contributed by atoms with Crippen molar-refractivity contribution in [3.63, 3.8) is 0 Å². The van der Waals surface area contributed by atoms with Crippen molar-refractivity contribution in [2.24, 2.45) is 4.99 Å². The van der Waals surface area contributed by atoms with Gasteiger partial charge in [0.15, 0.2) is 0 Å². The van der Waals surface area contributed by atoms with E-state index in [2.05, 4.69) is 195 Å². The normalized spacial score (nSPS) is 12.0. The minimum absolute atomic E-state index is 0.637. The van der Waals surface area contributed by atoms with E-state index in [9.17, 15) is 0 Å². The van der Waals surface area contributed by atoms with Crippen molar-refractivity contribution in [1.29, 1.82) is 0 Å². The monoisotopic (exact) mass is 718 g/mol. The zero-order valence-electron chi connectivity index (χ0n) is 31.6. The zero-order valence-corrected chi connectivity index (χ0v) is 31.6. The lowest BCUT2D eigenvalue weighted by molar-refractivity contribution is 1.10. The van der Waals surface area contributed by atoms with E-state index in [1.54, 1.807) is 6.20 Å². The van der Waals surface area contributed by atoms with E-state index in [0.717, 1.165) is 50.4 Å². The van der Waals surface area contributed by atoms with Crippen molar-refractivity contribution in [1.82, 2.24) is 4.98 Å². The van der Waals surface area contributed by atoms with Crippen LogP contribution in [0.2, 0.25) is 0 Å². The highest BCUT2D eigenvalue weighted by Crippen LogP contribution is 2.43. The Bertz CT molecular complexity index is 2730. The molecule has 0 atom stereocenters. The molecule has 1 heterocycles. The fourth-order valence-electron chi connectivity index (χ4n) is 7.58. The number of pyridine rings is 1. The fourth-order valence-corrected chi connectivity index (χ4v) is 7.58. The highest BCUT2D eigenvalue weighted by molar-refractivity contribution is 6.21. The van der Waals surface area contributed by atoms with Gasteiger partial charge in [0.2, 0.25) is 0 Å². The van der Waals surface area contributed by atoms with E-state index in [4.69, 9.17) is 4.99 Å². The minimum Gasteiger partial charge on any atom is -0.264 e. The third kappa shape index (κ3) is 7.59. The molecule has 0 radical (unpaired) electrons. The van der Waals surface area contributed by atoms with Gasteiger partial charge in [-0.2, -0.15) is 0 Å². The van der Waals surface area contributed by atoms with E-state index in [0.29, 0.717) is 6.42 Å². The van der Waals surface area contributed by atoms with Gasteiger partial charge in [-0.25, -0.2) is 0 Å². The van der Waals surface area contributed by atoms with Crippen LogP contribution < -0.4 is 0 Å². The van der Waals surface area contributed by atoms with Gasteiger partial charge in [-0.1, -0.05) is 183 Å². The van der Waals surface area contributed by atoms with Crippen molar-refractivity contribution in [3.8, 4) is 33.4 Å². The first-order valence-electron chi connectivity index (χ1n) is 19.0. The first-order chi connectivity index (χ1) is 27.6. The molecule has 0 amide bonds. The number of benzene rings is 7. The van der Waals surface area contributed by atoms with Crippen LogP contribution >= 0.6 is 0 Å². The summed E-state index contributed by atoms with van der Waals surface area (Å²) in [6.45, 7) is 10.5. The number of aromatic nitrogens is 1. The lowest BCUT2D eigenvalue weighted by Gasteiger charge is -2.18. The highest BCUT2D eigenvalue weighted by Gasteiger charge is 2.17. The summed E-state index contributed by atoms with van der Waals surface area (Å²) >= 11 is 0. The molecule has 0 saturated carbocycles. The Balaban J connectivity index is 1.21. The second kappa shape index (κ2) is 16.5. The summed E-state index contributed by atoms with van der Waals surface area (Å²) in [5.41, 5.74) is 14.3. The van der Waals surface area contributed by atoms with Gasteiger partial charge in [0, 0.05) is 30.2 Å². The van der Waals surface area contributed by atoms with Crippen LogP contribution in [-0.4, -0.2) is 10.7 Å². The molecular formula is C54H42N2. The second-order valence-corrected chi connectivity index (χ2v) is 13.9. The largest absolute Gasteiger partial charge is 0.264 e. The lowest BCUT2D eigenvalue weighted by Crippen LogP contribution is -2.00. The van der Waals surface area contributed by atoms with E-state index in [1.807, 2.05) is 24.4 Å². The number of nitrogens with zero attached hydrogens (tertiary/aromatic N) is 2. The SMILES string of the molecule is C=C/C=C\c1ccccc1C/C(=C/C(=C)c1ccc(-c2cccnc2)cc1)N=C(C)c1cccc(-c2c3ccccc3c(-c3ccccc3)c3ccccc23)c1. The van der Waals surface area contributed by atoms with Crippen LogP contribution in [0.25, 0.3) is 66.6 Å². The predicted molar refractivity (Wildman–Crippen MR) is 241 cm³/mol. The molecule has 2 nitrogen and oxygen atoms in total. The number of rotatable bonds is 11. The molecule has 0 N–H and O–H groups in total. The molecule has 8 aromatic rings. The van der Waals surface area contributed by atoms with E-state index in [-0.39, 0.29) is 0 Å². The third-order valence-electron chi connectivity index (χ3n) is 10.3. The molecule has 0 bridgehead atoms. The predicted octanol–water partition coefficient (Wildman–Crippen LogP) is 14.2. The molecule has 1 aromatic heterocycles. The Labute approximate surface area is 329 Å². The summed E-state index contributed by atoms with van der Waals surface area (Å²) in [6, 6.07) is 58.1. The summed E-state index contributed by atoms with van der Waals surface area (Å²) in [6.07, 6.45) is 12.3. The van der Waals surface area contributed by atoms with Crippen LogP contribution in [0.5, 0.6) is 0 Å². The molecule has 2 heteroatoms. The highest BCUT2D eigenvalue weighted by atomic mass is 14.8. The average molecular weight is 719 g/mol. The molecule has 0 saturated heterocycles. The summed E-state index contributed by atoms with van der Waals surface area (Å²) < 4.78 is 0. The van der Waals surface area contributed by atoms with E-state index in [1.165, 1.54) is 43.8 Å². The van der Waals surface area contributed by atoms with Crippen LogP contribution in [-0.2, 0) is 6.42 Å². The number of allylic oxidation sites excluding steroid dienone is 5. The van der Waals surface area contributed by atoms with Crippen LogP contribution in [0.1, 0.15) is 29.2 Å². The molecule has 0 aliphatic heterocycles. The Morgan fingerprint density at radius 2 is 1.20 bits per heavy atom. The molecule has 8 rings (SSSR count). The van der Waals surface area contributed by atoms with Gasteiger partial charge >= 0.3 is 0 Å². The molecule has 7 aromatic carbocycles. The first kappa shape index (κ1) is 35.8. The molecule has 268 valence electrons. The van der Waals surface area contributed by atoms with Gasteiger partial charge in [-0.05, 0) is 108 Å². The Morgan fingerprint density at radius 1 is 0.589 bits per heavy atom. The van der Waals surface area contributed by atoms with Gasteiger partial charge in [0.25, 0.3) is 0 Å². The van der Waals surface area contributed by atoms with Crippen LogP contribution in [0.4, 0.5) is 0 Å². The minimum atomic E-state index is 0.637. The Kier molecular flexibility index (Phi) is 10.5. The summed E-state index contributed by atoms with van der Waals surface area (Å²) in [4.78, 5) is 9.66. The smallest absolute Gasteiger partial charge is 0.0457 e. The maximum atomic E-state index is 5.37. The third-order valence-corrected chi connectivity index (χ3v) is 10.3. The maximum absolute atomic E-state index is 5.37. The fraction of sp³-hybridized carbons (Fsp3) is 0.0370.